The minimum atomic E-state index is -0.398. The molecule has 5 fully saturated rings. The third-order valence-electron chi connectivity index (χ3n) is 8.20. The van der Waals surface area contributed by atoms with Crippen molar-refractivity contribution in [1.29, 1.82) is 0 Å². The number of nitrogens with one attached hydrogen (secondary N) is 1. The first-order chi connectivity index (χ1) is 15.0. The van der Waals surface area contributed by atoms with Crippen LogP contribution < -0.4 is 10.9 Å². The van der Waals surface area contributed by atoms with Gasteiger partial charge in [0.2, 0.25) is 11.8 Å². The summed E-state index contributed by atoms with van der Waals surface area (Å²) >= 11 is 0. The first kappa shape index (κ1) is 19.1. The molecular formula is C25H28N2O4. The predicted octanol–water partition coefficient (Wildman–Crippen LogP) is 3.94. The first-order valence-electron chi connectivity index (χ1n) is 11.6. The highest BCUT2D eigenvalue weighted by Gasteiger charge is 2.56. The molecule has 5 aliphatic rings. The average Bonchev–Trinajstić information content (AvgIpc) is 3.22. The summed E-state index contributed by atoms with van der Waals surface area (Å²) in [7, 11) is 0. The quantitative estimate of drug-likeness (QED) is 0.763. The molecule has 2 amide bonds. The van der Waals surface area contributed by atoms with E-state index in [0.717, 1.165) is 31.1 Å². The summed E-state index contributed by atoms with van der Waals surface area (Å²) < 4.78 is 5.17. The molecule has 31 heavy (non-hydrogen) atoms. The van der Waals surface area contributed by atoms with Gasteiger partial charge in [0.05, 0.1) is 5.41 Å². The third kappa shape index (κ3) is 3.19. The van der Waals surface area contributed by atoms with E-state index in [2.05, 4.69) is 5.32 Å². The van der Waals surface area contributed by atoms with E-state index in [0.29, 0.717) is 42.0 Å². The molecule has 1 aromatic heterocycles. The summed E-state index contributed by atoms with van der Waals surface area (Å²) in [5, 5.41) is 3.75. The van der Waals surface area contributed by atoms with E-state index in [1.54, 1.807) is 24.3 Å². The van der Waals surface area contributed by atoms with Gasteiger partial charge >= 0.3 is 5.63 Å². The fraction of sp³-hybridized carbons (Fsp3) is 0.560. The molecule has 1 aromatic carbocycles. The van der Waals surface area contributed by atoms with Crippen molar-refractivity contribution in [2.45, 2.75) is 57.4 Å². The smallest absolute Gasteiger partial charge is 0.336 e. The van der Waals surface area contributed by atoms with Crippen molar-refractivity contribution < 1.29 is 14.0 Å². The van der Waals surface area contributed by atoms with Gasteiger partial charge in [0.25, 0.3) is 0 Å². The maximum atomic E-state index is 13.8. The van der Waals surface area contributed by atoms with Crippen molar-refractivity contribution in [1.82, 2.24) is 4.90 Å². The molecule has 162 valence electrons. The van der Waals surface area contributed by atoms with Gasteiger partial charge in [-0.25, -0.2) is 4.79 Å². The number of anilines is 1. The van der Waals surface area contributed by atoms with Gasteiger partial charge in [0.15, 0.2) is 0 Å². The highest BCUT2D eigenvalue weighted by molar-refractivity contribution is 5.99. The van der Waals surface area contributed by atoms with E-state index >= 15 is 0 Å². The number of hydrogen-bond acceptors (Lipinski definition) is 4. The van der Waals surface area contributed by atoms with Crippen LogP contribution in [0.1, 0.15) is 51.4 Å². The van der Waals surface area contributed by atoms with Gasteiger partial charge < -0.3 is 14.6 Å². The highest BCUT2D eigenvalue weighted by Crippen LogP contribution is 2.60. The molecule has 6 nitrogen and oxygen atoms in total. The number of carbonyl (C=O) groups is 2. The van der Waals surface area contributed by atoms with Gasteiger partial charge in [-0.05, 0) is 93.4 Å². The van der Waals surface area contributed by atoms with Crippen LogP contribution in [0.25, 0.3) is 11.0 Å². The predicted molar refractivity (Wildman–Crippen MR) is 116 cm³/mol. The van der Waals surface area contributed by atoms with Gasteiger partial charge in [-0.15, -0.1) is 0 Å². The summed E-state index contributed by atoms with van der Waals surface area (Å²) in [6, 6.07) is 7.90. The lowest BCUT2D eigenvalue weighted by Gasteiger charge is -2.56. The molecule has 1 atom stereocenters. The minimum Gasteiger partial charge on any atom is -0.423 e. The average molecular weight is 421 g/mol. The molecule has 7 rings (SSSR count). The van der Waals surface area contributed by atoms with Crippen molar-refractivity contribution in [3.8, 4) is 0 Å². The Bertz CT molecular complexity index is 1080. The standard InChI is InChI=1S/C25H28N2O4/c28-22-6-3-18-11-19(4-5-21(18)31-22)26-23(29)20-2-1-7-27(20)24(30)25-12-15-8-16(13-25)10-17(9-15)14-25/h3-6,11,15-17,20H,1-2,7-10,12-14H2,(H,26,29). The molecule has 4 bridgehead atoms. The van der Waals surface area contributed by atoms with Crippen LogP contribution in [-0.4, -0.2) is 29.3 Å². The van der Waals surface area contributed by atoms with Crippen LogP contribution in [0.3, 0.4) is 0 Å². The van der Waals surface area contributed by atoms with Crippen LogP contribution in [0, 0.1) is 23.2 Å². The van der Waals surface area contributed by atoms with E-state index in [9.17, 15) is 14.4 Å². The van der Waals surface area contributed by atoms with E-state index in [1.165, 1.54) is 25.3 Å². The van der Waals surface area contributed by atoms with Crippen LogP contribution in [0.5, 0.6) is 0 Å². The van der Waals surface area contributed by atoms with Crippen molar-refractivity contribution in [2.75, 3.05) is 11.9 Å². The van der Waals surface area contributed by atoms with Gasteiger partial charge in [0, 0.05) is 23.7 Å². The molecular weight excluding hydrogens is 392 g/mol. The number of benzene rings is 1. The maximum absolute atomic E-state index is 13.8. The fourth-order valence-corrected chi connectivity index (χ4v) is 7.33. The monoisotopic (exact) mass is 420 g/mol. The zero-order chi connectivity index (χ0) is 21.2. The summed E-state index contributed by atoms with van der Waals surface area (Å²) in [4.78, 5) is 40.2. The summed E-state index contributed by atoms with van der Waals surface area (Å²) in [6.07, 6.45) is 8.58. The Kier molecular flexibility index (Phi) is 4.27. The van der Waals surface area contributed by atoms with Crippen LogP contribution in [-0.2, 0) is 9.59 Å². The number of carbonyl (C=O) groups excluding carboxylic acids is 2. The van der Waals surface area contributed by atoms with Crippen LogP contribution >= 0.6 is 0 Å². The number of amides is 2. The SMILES string of the molecule is O=C(Nc1ccc2oc(=O)ccc2c1)C1CCCN1C(=O)C12CC3CC(CC(C3)C1)C2. The molecule has 2 heterocycles. The molecule has 6 heteroatoms. The molecule has 1 unspecified atom stereocenters. The summed E-state index contributed by atoms with van der Waals surface area (Å²) in [5.41, 5.74) is 0.539. The highest BCUT2D eigenvalue weighted by atomic mass is 16.4. The van der Waals surface area contributed by atoms with Gasteiger partial charge in [0.1, 0.15) is 11.6 Å². The summed E-state index contributed by atoms with van der Waals surface area (Å²) in [6.45, 7) is 0.682. The fourth-order valence-electron chi connectivity index (χ4n) is 7.33. The van der Waals surface area contributed by atoms with E-state index in [1.807, 2.05) is 4.90 Å². The van der Waals surface area contributed by atoms with E-state index in [4.69, 9.17) is 4.42 Å². The molecule has 4 saturated carbocycles. The van der Waals surface area contributed by atoms with Gasteiger partial charge in [-0.2, -0.15) is 0 Å². The van der Waals surface area contributed by atoms with Crippen molar-refractivity contribution >= 4 is 28.5 Å². The maximum Gasteiger partial charge on any atom is 0.336 e. The largest absolute Gasteiger partial charge is 0.423 e. The van der Waals surface area contributed by atoms with Crippen molar-refractivity contribution in [3.05, 3.63) is 40.8 Å². The van der Waals surface area contributed by atoms with Gasteiger partial charge in [-0.3, -0.25) is 9.59 Å². The zero-order valence-electron chi connectivity index (χ0n) is 17.6. The van der Waals surface area contributed by atoms with Crippen LogP contribution in [0.4, 0.5) is 5.69 Å². The zero-order valence-corrected chi connectivity index (χ0v) is 17.6. The lowest BCUT2D eigenvalue weighted by molar-refractivity contribution is -0.160. The Labute approximate surface area is 181 Å². The number of nitrogens with zero attached hydrogens (tertiary/aromatic N) is 1. The molecule has 2 aromatic rings. The normalized spacial score (nSPS) is 33.7. The van der Waals surface area contributed by atoms with E-state index in [-0.39, 0.29) is 17.2 Å². The lowest BCUT2D eigenvalue weighted by Crippen LogP contribution is -2.56. The Balaban J connectivity index is 1.21. The molecule has 4 aliphatic carbocycles. The second-order valence-electron chi connectivity index (χ2n) is 10.4. The Morgan fingerprint density at radius 1 is 1.00 bits per heavy atom. The lowest BCUT2D eigenvalue weighted by atomic mass is 9.49. The van der Waals surface area contributed by atoms with Gasteiger partial charge in [-0.1, -0.05) is 0 Å². The molecule has 1 N–H and O–H groups in total. The molecule has 0 spiro atoms. The Hall–Kier alpha value is -2.63. The Morgan fingerprint density at radius 3 is 2.42 bits per heavy atom. The third-order valence-corrected chi connectivity index (χ3v) is 8.20. The number of rotatable bonds is 3. The van der Waals surface area contributed by atoms with E-state index < -0.39 is 11.7 Å². The Morgan fingerprint density at radius 2 is 1.71 bits per heavy atom. The second-order valence-corrected chi connectivity index (χ2v) is 10.4. The summed E-state index contributed by atoms with van der Waals surface area (Å²) in [5.74, 6) is 2.25. The van der Waals surface area contributed by atoms with Crippen molar-refractivity contribution in [3.63, 3.8) is 0 Å². The second kappa shape index (κ2) is 6.94. The molecule has 1 aliphatic heterocycles. The van der Waals surface area contributed by atoms with Crippen LogP contribution in [0.15, 0.2) is 39.5 Å². The topological polar surface area (TPSA) is 79.6 Å². The van der Waals surface area contributed by atoms with Crippen LogP contribution in [0.2, 0.25) is 0 Å². The minimum absolute atomic E-state index is 0.118. The first-order valence-corrected chi connectivity index (χ1v) is 11.6. The number of hydrogen-bond donors (Lipinski definition) is 1. The van der Waals surface area contributed by atoms with Crippen molar-refractivity contribution in [2.24, 2.45) is 23.2 Å². The number of fused-ring (bicyclic) bond motifs is 1. The molecule has 0 radical (unpaired) electrons. The number of likely N-dealkylation sites (tertiary alicyclic amines) is 1. The molecule has 1 saturated heterocycles.